The lowest BCUT2D eigenvalue weighted by molar-refractivity contribution is -0.137. The van der Waals surface area contributed by atoms with Crippen LogP contribution in [0.4, 0.5) is 5.69 Å². The number of ether oxygens (including phenoxy) is 2. The van der Waals surface area contributed by atoms with E-state index < -0.39 is 23.3 Å². The van der Waals surface area contributed by atoms with Crippen molar-refractivity contribution in [1.82, 2.24) is 10.3 Å². The molecule has 4 aromatic rings. The van der Waals surface area contributed by atoms with Gasteiger partial charge in [0.15, 0.2) is 12.2 Å². The summed E-state index contributed by atoms with van der Waals surface area (Å²) in [5.41, 5.74) is 2.37. The van der Waals surface area contributed by atoms with Gasteiger partial charge >= 0.3 is 17.8 Å². The van der Waals surface area contributed by atoms with Crippen LogP contribution in [-0.2, 0) is 27.4 Å². The highest BCUT2D eigenvalue weighted by Gasteiger charge is 2.26. The van der Waals surface area contributed by atoms with Gasteiger partial charge in [0.1, 0.15) is 12.4 Å². The summed E-state index contributed by atoms with van der Waals surface area (Å²) in [6.45, 7) is 3.77. The Hall–Kier alpha value is -4.92. The Morgan fingerprint density at radius 2 is 1.69 bits per heavy atom. The zero-order chi connectivity index (χ0) is 27.8. The van der Waals surface area contributed by atoms with Gasteiger partial charge in [0.2, 0.25) is 0 Å². The van der Waals surface area contributed by atoms with Crippen LogP contribution < -0.4 is 15.4 Å². The van der Waals surface area contributed by atoms with Crippen LogP contribution in [0, 0.1) is 0 Å². The van der Waals surface area contributed by atoms with Crippen LogP contribution in [-0.4, -0.2) is 35.4 Å². The molecule has 0 aliphatic carbocycles. The maximum atomic E-state index is 12.7. The average molecular weight is 528 g/mol. The molecule has 0 fully saturated rings. The lowest BCUT2D eigenvalue weighted by Gasteiger charge is -2.26. The van der Waals surface area contributed by atoms with Crippen LogP contribution in [0.25, 0.3) is 11.3 Å². The van der Waals surface area contributed by atoms with Crippen LogP contribution in [0.1, 0.15) is 35.3 Å². The predicted octanol–water partition coefficient (Wildman–Crippen LogP) is 4.78. The number of nitrogens with zero attached hydrogens (tertiary/aromatic N) is 1. The second kappa shape index (κ2) is 12.1. The van der Waals surface area contributed by atoms with Gasteiger partial charge in [0, 0.05) is 17.3 Å². The Labute approximate surface area is 226 Å². The fraction of sp³-hybridized carbons (Fsp3) is 0.200. The summed E-state index contributed by atoms with van der Waals surface area (Å²) in [5.74, 6) is -1.09. The monoisotopic (exact) mass is 527 g/mol. The zero-order valence-corrected chi connectivity index (χ0v) is 21.9. The molecular weight excluding hydrogens is 498 g/mol. The molecule has 0 saturated heterocycles. The average Bonchev–Trinajstić information content (AvgIpc) is 3.46. The van der Waals surface area contributed by atoms with Gasteiger partial charge in [-0.3, -0.25) is 9.59 Å². The Bertz CT molecular complexity index is 1450. The van der Waals surface area contributed by atoms with E-state index in [4.69, 9.17) is 13.9 Å². The van der Waals surface area contributed by atoms with Gasteiger partial charge in [-0.15, -0.1) is 0 Å². The fourth-order valence-corrected chi connectivity index (χ4v) is 4.04. The largest absolute Gasteiger partial charge is 0.496 e. The third kappa shape index (κ3) is 7.32. The Morgan fingerprint density at radius 1 is 0.923 bits per heavy atom. The van der Waals surface area contributed by atoms with Crippen molar-refractivity contribution in [3.05, 3.63) is 102 Å². The molecule has 1 aromatic heterocycles. The number of aromatic nitrogens is 1. The molecular formula is C30H29N3O6. The Morgan fingerprint density at radius 3 is 2.41 bits per heavy atom. The van der Waals surface area contributed by atoms with Crippen LogP contribution >= 0.6 is 0 Å². The number of rotatable bonds is 9. The van der Waals surface area contributed by atoms with Crippen molar-refractivity contribution in [3.63, 3.8) is 0 Å². The standard InChI is InChI=1S/C30H29N3O6/c1-30(2,16-21-10-7-11-22(14-21)29(36)38-18-20-8-5-4-6-9-20)33-28(35)27(34)32-23-12-13-24(25(15-23)37-3)26-17-31-19-39-26/h4-15,17,19H,16,18H2,1-3H3,(H,32,34)(H,33,35). The molecule has 9 heteroatoms. The summed E-state index contributed by atoms with van der Waals surface area (Å²) < 4.78 is 16.1. The zero-order valence-electron chi connectivity index (χ0n) is 21.9. The van der Waals surface area contributed by atoms with Crippen molar-refractivity contribution in [2.45, 2.75) is 32.4 Å². The molecule has 0 saturated carbocycles. The van der Waals surface area contributed by atoms with E-state index in [1.807, 2.05) is 36.4 Å². The van der Waals surface area contributed by atoms with E-state index in [0.29, 0.717) is 34.7 Å². The number of nitrogens with one attached hydrogen (secondary N) is 2. The number of amides is 2. The third-order valence-electron chi connectivity index (χ3n) is 5.84. The molecule has 0 unspecified atom stereocenters. The Balaban J connectivity index is 1.34. The number of methoxy groups -OCH3 is 1. The quantitative estimate of drug-likeness (QED) is 0.237. The molecule has 9 nitrogen and oxygen atoms in total. The molecule has 4 rings (SSSR count). The third-order valence-corrected chi connectivity index (χ3v) is 5.84. The highest BCUT2D eigenvalue weighted by Crippen LogP contribution is 2.32. The van der Waals surface area contributed by atoms with Gasteiger partial charge < -0.3 is 24.5 Å². The second-order valence-electron chi connectivity index (χ2n) is 9.51. The van der Waals surface area contributed by atoms with E-state index >= 15 is 0 Å². The molecule has 0 aliphatic heterocycles. The number of hydrogen-bond donors (Lipinski definition) is 2. The van der Waals surface area contributed by atoms with Crippen molar-refractivity contribution in [1.29, 1.82) is 0 Å². The maximum absolute atomic E-state index is 12.7. The number of anilines is 1. The molecule has 0 atom stereocenters. The summed E-state index contributed by atoms with van der Waals surface area (Å²) in [4.78, 5) is 41.8. The van der Waals surface area contributed by atoms with Gasteiger partial charge in [-0.05, 0) is 55.7 Å². The summed E-state index contributed by atoms with van der Waals surface area (Å²) in [6.07, 6.45) is 3.24. The molecule has 2 N–H and O–H groups in total. The van der Waals surface area contributed by atoms with Gasteiger partial charge in [-0.2, -0.15) is 0 Å². The minimum atomic E-state index is -0.823. The first-order chi connectivity index (χ1) is 18.7. The Kier molecular flexibility index (Phi) is 8.40. The summed E-state index contributed by atoms with van der Waals surface area (Å²) in [5, 5.41) is 5.35. The van der Waals surface area contributed by atoms with E-state index in [2.05, 4.69) is 15.6 Å². The van der Waals surface area contributed by atoms with Crippen LogP contribution in [0.5, 0.6) is 5.75 Å². The van der Waals surface area contributed by atoms with E-state index in [-0.39, 0.29) is 6.61 Å². The summed E-state index contributed by atoms with van der Waals surface area (Å²) in [7, 11) is 1.49. The van der Waals surface area contributed by atoms with Crippen LogP contribution in [0.2, 0.25) is 0 Å². The molecule has 3 aromatic carbocycles. The number of esters is 1. The van der Waals surface area contributed by atoms with Gasteiger partial charge in [-0.25, -0.2) is 9.78 Å². The number of benzene rings is 3. The van der Waals surface area contributed by atoms with Crippen molar-refractivity contribution in [3.8, 4) is 17.1 Å². The maximum Gasteiger partial charge on any atom is 0.338 e. The summed E-state index contributed by atoms with van der Waals surface area (Å²) in [6, 6.07) is 21.4. The molecule has 0 radical (unpaired) electrons. The molecule has 200 valence electrons. The highest BCUT2D eigenvalue weighted by atomic mass is 16.5. The van der Waals surface area contributed by atoms with Gasteiger partial charge in [0.05, 0.1) is 24.4 Å². The smallest absolute Gasteiger partial charge is 0.338 e. The SMILES string of the molecule is COc1cc(NC(=O)C(=O)NC(C)(C)Cc2cccc(C(=O)OCc3ccccc3)c2)ccc1-c1cnco1. The van der Waals surface area contributed by atoms with E-state index in [1.165, 1.54) is 13.5 Å². The second-order valence-corrected chi connectivity index (χ2v) is 9.51. The normalized spacial score (nSPS) is 10.9. The fourth-order valence-electron chi connectivity index (χ4n) is 4.04. The molecule has 0 aliphatic rings. The number of hydrogen-bond acceptors (Lipinski definition) is 7. The minimum absolute atomic E-state index is 0.176. The number of oxazole rings is 1. The first-order valence-corrected chi connectivity index (χ1v) is 12.2. The molecule has 39 heavy (non-hydrogen) atoms. The van der Waals surface area contributed by atoms with E-state index in [0.717, 1.165) is 11.1 Å². The number of carbonyl (C=O) groups excluding carboxylic acids is 3. The molecule has 2 amide bonds. The van der Waals surface area contributed by atoms with E-state index in [9.17, 15) is 14.4 Å². The predicted molar refractivity (Wildman–Crippen MR) is 145 cm³/mol. The van der Waals surface area contributed by atoms with Crippen molar-refractivity contribution >= 4 is 23.5 Å². The first-order valence-electron chi connectivity index (χ1n) is 12.2. The van der Waals surface area contributed by atoms with E-state index in [1.54, 1.807) is 56.4 Å². The topological polar surface area (TPSA) is 120 Å². The minimum Gasteiger partial charge on any atom is -0.496 e. The van der Waals surface area contributed by atoms with Crippen molar-refractivity contribution in [2.24, 2.45) is 0 Å². The first kappa shape index (κ1) is 27.1. The molecule has 0 bridgehead atoms. The molecule has 0 spiro atoms. The van der Waals surface area contributed by atoms with Crippen molar-refractivity contribution in [2.75, 3.05) is 12.4 Å². The molecule has 1 heterocycles. The number of carbonyl (C=O) groups is 3. The summed E-state index contributed by atoms with van der Waals surface area (Å²) >= 11 is 0. The highest BCUT2D eigenvalue weighted by molar-refractivity contribution is 6.39. The van der Waals surface area contributed by atoms with Crippen LogP contribution in [0.15, 0.2) is 89.8 Å². The lowest BCUT2D eigenvalue weighted by atomic mass is 9.94. The van der Waals surface area contributed by atoms with Crippen molar-refractivity contribution < 1.29 is 28.3 Å². The van der Waals surface area contributed by atoms with Gasteiger partial charge in [0.25, 0.3) is 0 Å². The van der Waals surface area contributed by atoms with Gasteiger partial charge in [-0.1, -0.05) is 42.5 Å². The van der Waals surface area contributed by atoms with Crippen LogP contribution in [0.3, 0.4) is 0 Å². The lowest BCUT2D eigenvalue weighted by Crippen LogP contribution is -2.49.